The number of halogens is 5. The molecule has 0 amide bonds. The van der Waals surface area contributed by atoms with Crippen LogP contribution in [0.3, 0.4) is 0 Å². The van der Waals surface area contributed by atoms with Gasteiger partial charge in [-0.2, -0.15) is 0 Å². The topological polar surface area (TPSA) is 46.2 Å². The van der Waals surface area contributed by atoms with Crippen LogP contribution < -0.4 is 4.72 Å². The standard InChI is InChI=1S/C14H10F5NO2S/c1-7(8-2-3-9(15)11(17)6-8)20-23(21,22)12-5-4-10(16)13(18)14(12)19/h2-7,20H,1H3/t7-/m1/s1. The van der Waals surface area contributed by atoms with Crippen molar-refractivity contribution in [2.75, 3.05) is 0 Å². The molecule has 0 aromatic heterocycles. The van der Waals surface area contributed by atoms with E-state index >= 15 is 0 Å². The summed E-state index contributed by atoms with van der Waals surface area (Å²) < 4.78 is 91.7. The molecule has 1 atom stereocenters. The molecule has 2 rings (SSSR count). The highest BCUT2D eigenvalue weighted by atomic mass is 32.2. The highest BCUT2D eigenvalue weighted by Crippen LogP contribution is 2.23. The highest BCUT2D eigenvalue weighted by molar-refractivity contribution is 7.89. The number of benzene rings is 2. The SMILES string of the molecule is C[C@@H](NS(=O)(=O)c1ccc(F)c(F)c1F)c1ccc(F)c(F)c1. The molecule has 0 spiro atoms. The summed E-state index contributed by atoms with van der Waals surface area (Å²) in [5, 5.41) is 0. The van der Waals surface area contributed by atoms with E-state index in [0.717, 1.165) is 18.2 Å². The molecular weight excluding hydrogens is 341 g/mol. The minimum Gasteiger partial charge on any atom is -0.207 e. The molecule has 2 aromatic rings. The first kappa shape index (κ1) is 17.4. The smallest absolute Gasteiger partial charge is 0.207 e. The van der Waals surface area contributed by atoms with Gasteiger partial charge in [-0.05, 0) is 36.8 Å². The van der Waals surface area contributed by atoms with Crippen LogP contribution in [0.1, 0.15) is 18.5 Å². The summed E-state index contributed by atoms with van der Waals surface area (Å²) in [5.74, 6) is -7.62. The van der Waals surface area contributed by atoms with Crippen molar-refractivity contribution in [3.63, 3.8) is 0 Å². The average molecular weight is 351 g/mol. The zero-order valence-corrected chi connectivity index (χ0v) is 12.4. The Morgan fingerprint density at radius 2 is 1.48 bits per heavy atom. The van der Waals surface area contributed by atoms with Gasteiger partial charge in [0.2, 0.25) is 10.0 Å². The van der Waals surface area contributed by atoms with Crippen LogP contribution in [0.5, 0.6) is 0 Å². The molecule has 0 bridgehead atoms. The molecule has 0 aliphatic carbocycles. The summed E-state index contributed by atoms with van der Waals surface area (Å²) in [6.45, 7) is 1.29. The van der Waals surface area contributed by atoms with Crippen LogP contribution in [0.15, 0.2) is 35.2 Å². The van der Waals surface area contributed by atoms with Crippen molar-refractivity contribution in [3.05, 3.63) is 65.0 Å². The predicted octanol–water partition coefficient (Wildman–Crippen LogP) is 3.42. The molecule has 0 radical (unpaired) electrons. The first-order valence-corrected chi connectivity index (χ1v) is 7.72. The van der Waals surface area contributed by atoms with Gasteiger partial charge in [0.15, 0.2) is 29.1 Å². The van der Waals surface area contributed by atoms with E-state index < -0.39 is 50.0 Å². The van der Waals surface area contributed by atoms with Crippen molar-refractivity contribution in [1.29, 1.82) is 0 Å². The van der Waals surface area contributed by atoms with Crippen LogP contribution in [0, 0.1) is 29.1 Å². The zero-order valence-electron chi connectivity index (χ0n) is 11.6. The third-order valence-electron chi connectivity index (χ3n) is 3.06. The van der Waals surface area contributed by atoms with Crippen molar-refractivity contribution < 1.29 is 30.4 Å². The quantitative estimate of drug-likeness (QED) is 0.678. The summed E-state index contributed by atoms with van der Waals surface area (Å²) in [5.41, 5.74) is 0.0652. The Hall–Kier alpha value is -2.00. The predicted molar refractivity (Wildman–Crippen MR) is 71.4 cm³/mol. The number of rotatable bonds is 4. The second kappa shape index (κ2) is 6.25. The molecule has 0 unspecified atom stereocenters. The summed E-state index contributed by atoms with van der Waals surface area (Å²) >= 11 is 0. The van der Waals surface area contributed by atoms with Crippen LogP contribution >= 0.6 is 0 Å². The molecule has 0 heterocycles. The molecular formula is C14H10F5NO2S. The monoisotopic (exact) mass is 351 g/mol. The van der Waals surface area contributed by atoms with E-state index in [1.165, 1.54) is 6.92 Å². The Balaban J connectivity index is 2.34. The molecule has 3 nitrogen and oxygen atoms in total. The fourth-order valence-electron chi connectivity index (χ4n) is 1.86. The third-order valence-corrected chi connectivity index (χ3v) is 4.62. The Bertz CT molecular complexity index is 854. The van der Waals surface area contributed by atoms with E-state index in [9.17, 15) is 30.4 Å². The second-order valence-electron chi connectivity index (χ2n) is 4.69. The maximum Gasteiger partial charge on any atom is 0.244 e. The molecule has 0 aliphatic rings. The lowest BCUT2D eigenvalue weighted by molar-refractivity contribution is 0.431. The lowest BCUT2D eigenvalue weighted by atomic mass is 10.1. The minimum absolute atomic E-state index is 0.0652. The first-order valence-electron chi connectivity index (χ1n) is 6.24. The fraction of sp³-hybridized carbons (Fsp3) is 0.143. The molecule has 2 aromatic carbocycles. The van der Waals surface area contributed by atoms with E-state index in [4.69, 9.17) is 0 Å². The van der Waals surface area contributed by atoms with Gasteiger partial charge in [-0.25, -0.2) is 35.1 Å². The molecule has 124 valence electrons. The van der Waals surface area contributed by atoms with Gasteiger partial charge in [0, 0.05) is 6.04 Å². The number of nitrogens with one attached hydrogen (secondary N) is 1. The normalized spacial score (nSPS) is 13.1. The first-order chi connectivity index (χ1) is 10.6. The maximum absolute atomic E-state index is 13.6. The lowest BCUT2D eigenvalue weighted by Crippen LogP contribution is -2.28. The van der Waals surface area contributed by atoms with E-state index in [2.05, 4.69) is 0 Å². The lowest BCUT2D eigenvalue weighted by Gasteiger charge is -2.15. The maximum atomic E-state index is 13.6. The van der Waals surface area contributed by atoms with Crippen LogP contribution in [0.25, 0.3) is 0 Å². The molecule has 0 aliphatic heterocycles. The third kappa shape index (κ3) is 3.50. The number of sulfonamides is 1. The van der Waals surface area contributed by atoms with E-state index in [1.54, 1.807) is 0 Å². The molecule has 0 saturated carbocycles. The molecule has 9 heteroatoms. The van der Waals surface area contributed by atoms with E-state index in [0.29, 0.717) is 12.1 Å². The zero-order chi connectivity index (χ0) is 17.4. The van der Waals surface area contributed by atoms with Gasteiger partial charge in [0.25, 0.3) is 0 Å². The van der Waals surface area contributed by atoms with Crippen molar-refractivity contribution >= 4 is 10.0 Å². The summed E-state index contributed by atoms with van der Waals surface area (Å²) in [4.78, 5) is -1.09. The summed E-state index contributed by atoms with van der Waals surface area (Å²) in [6.07, 6.45) is 0. The largest absolute Gasteiger partial charge is 0.244 e. The van der Waals surface area contributed by atoms with E-state index in [-0.39, 0.29) is 5.56 Å². The molecule has 23 heavy (non-hydrogen) atoms. The average Bonchev–Trinajstić information content (AvgIpc) is 2.46. The van der Waals surface area contributed by atoms with Crippen molar-refractivity contribution in [3.8, 4) is 0 Å². The number of hydrogen-bond donors (Lipinski definition) is 1. The van der Waals surface area contributed by atoms with Gasteiger partial charge in [0.1, 0.15) is 4.90 Å². The van der Waals surface area contributed by atoms with Crippen LogP contribution in [0.4, 0.5) is 22.0 Å². The molecule has 0 fully saturated rings. The van der Waals surface area contributed by atoms with Gasteiger partial charge in [-0.3, -0.25) is 0 Å². The van der Waals surface area contributed by atoms with Crippen LogP contribution in [-0.2, 0) is 10.0 Å². The molecule has 1 N–H and O–H groups in total. The van der Waals surface area contributed by atoms with Gasteiger partial charge >= 0.3 is 0 Å². The van der Waals surface area contributed by atoms with Gasteiger partial charge in [-0.15, -0.1) is 0 Å². The second-order valence-corrected chi connectivity index (χ2v) is 6.37. The summed E-state index contributed by atoms with van der Waals surface area (Å²) in [7, 11) is -4.55. The van der Waals surface area contributed by atoms with Crippen molar-refractivity contribution in [1.82, 2.24) is 4.72 Å². The Labute approximate surface area is 128 Å². The minimum atomic E-state index is -4.55. The van der Waals surface area contributed by atoms with Gasteiger partial charge in [0.05, 0.1) is 0 Å². The Morgan fingerprint density at radius 1 is 0.870 bits per heavy atom. The van der Waals surface area contributed by atoms with E-state index in [1.807, 2.05) is 4.72 Å². The van der Waals surface area contributed by atoms with Gasteiger partial charge < -0.3 is 0 Å². The fourth-order valence-corrected chi connectivity index (χ4v) is 3.16. The van der Waals surface area contributed by atoms with Crippen LogP contribution in [0.2, 0.25) is 0 Å². The highest BCUT2D eigenvalue weighted by Gasteiger charge is 2.26. The van der Waals surface area contributed by atoms with Crippen LogP contribution in [-0.4, -0.2) is 8.42 Å². The van der Waals surface area contributed by atoms with Crippen molar-refractivity contribution in [2.45, 2.75) is 17.9 Å². The Morgan fingerprint density at radius 3 is 2.09 bits per heavy atom. The molecule has 0 saturated heterocycles. The summed E-state index contributed by atoms with van der Waals surface area (Å²) in [6, 6.07) is 2.66. The number of hydrogen-bond acceptors (Lipinski definition) is 2. The van der Waals surface area contributed by atoms with Crippen molar-refractivity contribution in [2.24, 2.45) is 0 Å². The van der Waals surface area contributed by atoms with Gasteiger partial charge in [-0.1, -0.05) is 6.07 Å². The Kier molecular flexibility index (Phi) is 4.71.